The van der Waals surface area contributed by atoms with Crippen LogP contribution in [-0.2, 0) is 30.7 Å². The van der Waals surface area contributed by atoms with Crippen molar-refractivity contribution in [1.29, 1.82) is 0 Å². The Balaban J connectivity index is 1.46. The zero-order chi connectivity index (χ0) is 25.2. The lowest BCUT2D eigenvalue weighted by molar-refractivity contribution is -0.140. The maximum atomic E-state index is 14.2. The van der Waals surface area contributed by atoms with Crippen LogP contribution in [0.15, 0.2) is 54.9 Å². The van der Waals surface area contributed by atoms with Crippen LogP contribution in [0.5, 0.6) is 17.2 Å². The van der Waals surface area contributed by atoms with Crippen molar-refractivity contribution in [2.45, 2.75) is 44.9 Å². The van der Waals surface area contributed by atoms with E-state index < -0.39 is 0 Å². The van der Waals surface area contributed by atoms with Crippen molar-refractivity contribution in [2.24, 2.45) is 0 Å². The van der Waals surface area contributed by atoms with Crippen LogP contribution in [0.4, 0.5) is 0 Å². The number of rotatable bonds is 6. The lowest BCUT2D eigenvalue weighted by Crippen LogP contribution is -2.53. The first-order valence-electron chi connectivity index (χ1n) is 12.4. The molecule has 0 N–H and O–H groups in total. The number of aromatic nitrogens is 1. The van der Waals surface area contributed by atoms with E-state index in [1.54, 1.807) is 27.5 Å². The van der Waals surface area contributed by atoms with Crippen molar-refractivity contribution >= 4 is 5.91 Å². The predicted molar refractivity (Wildman–Crippen MR) is 137 cm³/mol. The number of hydrogen-bond donors (Lipinski definition) is 0. The molecule has 0 saturated carbocycles. The molecule has 188 valence electrons. The van der Waals surface area contributed by atoms with Crippen molar-refractivity contribution in [2.75, 3.05) is 27.9 Å². The summed E-state index contributed by atoms with van der Waals surface area (Å²) in [6.07, 6.45) is 5.03. The molecule has 0 spiro atoms. The highest BCUT2D eigenvalue weighted by molar-refractivity contribution is 5.83. The number of carbonyl (C=O) groups excluding carboxylic acids is 1. The van der Waals surface area contributed by atoms with Crippen molar-refractivity contribution in [3.05, 3.63) is 82.7 Å². The van der Waals surface area contributed by atoms with Crippen LogP contribution < -0.4 is 14.2 Å². The van der Waals surface area contributed by atoms with E-state index in [-0.39, 0.29) is 18.0 Å². The second kappa shape index (κ2) is 10.2. The molecule has 36 heavy (non-hydrogen) atoms. The number of ether oxygens (including phenoxy) is 3. The van der Waals surface area contributed by atoms with Crippen molar-refractivity contribution in [1.82, 2.24) is 14.8 Å². The van der Waals surface area contributed by atoms with Crippen molar-refractivity contribution in [3.8, 4) is 17.2 Å². The fourth-order valence-electron chi connectivity index (χ4n) is 5.58. The summed E-state index contributed by atoms with van der Waals surface area (Å²) in [5.74, 6) is 2.36. The van der Waals surface area contributed by atoms with E-state index in [1.165, 1.54) is 16.7 Å². The summed E-state index contributed by atoms with van der Waals surface area (Å²) in [7, 11) is 4.97. The number of nitrogens with zero attached hydrogens (tertiary/aromatic N) is 3. The monoisotopic (exact) mass is 487 g/mol. The molecule has 7 nitrogen and oxygen atoms in total. The minimum Gasteiger partial charge on any atom is -0.496 e. The molecule has 0 fully saturated rings. The second-order valence-electron chi connectivity index (χ2n) is 9.44. The first kappa shape index (κ1) is 24.1. The molecule has 2 aliphatic heterocycles. The molecule has 2 unspecified atom stereocenters. The molecule has 0 bridgehead atoms. The molecule has 7 heteroatoms. The van der Waals surface area contributed by atoms with Gasteiger partial charge < -0.3 is 19.1 Å². The average molecular weight is 488 g/mol. The summed E-state index contributed by atoms with van der Waals surface area (Å²) >= 11 is 0. The van der Waals surface area contributed by atoms with Crippen LogP contribution in [0, 0.1) is 0 Å². The fraction of sp³-hybridized carbons (Fsp3) is 0.379. The topological polar surface area (TPSA) is 64.1 Å². The second-order valence-corrected chi connectivity index (χ2v) is 9.44. The summed E-state index contributed by atoms with van der Waals surface area (Å²) in [4.78, 5) is 22.8. The highest BCUT2D eigenvalue weighted by atomic mass is 16.5. The molecule has 0 radical (unpaired) electrons. The standard InChI is InChI=1S/C29H33N3O4/c1-19-24-15-28(36-4)27(35-3)14-21(24)10-12-32(19)29(33)25-13-20-7-5-6-8-22(20)17-31(25)18-23-16-30-11-9-26(23)34-2/h5-9,11,14-16,19,25H,10,12-13,17-18H2,1-4H3. The number of methoxy groups -OCH3 is 3. The van der Waals surface area contributed by atoms with Crippen LogP contribution in [0.1, 0.15) is 40.8 Å². The number of carbonyl (C=O) groups is 1. The van der Waals surface area contributed by atoms with Crippen LogP contribution >= 0.6 is 0 Å². The maximum Gasteiger partial charge on any atom is 0.240 e. The zero-order valence-electron chi connectivity index (χ0n) is 21.4. The maximum absolute atomic E-state index is 14.2. The molecule has 2 atom stereocenters. The molecule has 3 heterocycles. The van der Waals surface area contributed by atoms with Gasteiger partial charge in [-0.05, 0) is 60.2 Å². The fourth-order valence-corrected chi connectivity index (χ4v) is 5.58. The minimum atomic E-state index is -0.269. The van der Waals surface area contributed by atoms with Crippen LogP contribution in [-0.4, -0.2) is 54.6 Å². The third-order valence-corrected chi connectivity index (χ3v) is 7.55. The Labute approximate surface area is 212 Å². The van der Waals surface area contributed by atoms with Gasteiger partial charge in [-0.2, -0.15) is 0 Å². The summed E-state index contributed by atoms with van der Waals surface area (Å²) in [6, 6.07) is 14.0. The lowest BCUT2D eigenvalue weighted by atomic mass is 9.89. The first-order chi connectivity index (χ1) is 17.5. The molecule has 3 aromatic rings. The first-order valence-corrected chi connectivity index (χ1v) is 12.4. The third-order valence-electron chi connectivity index (χ3n) is 7.55. The van der Waals surface area contributed by atoms with Gasteiger partial charge in [0.25, 0.3) is 0 Å². The summed E-state index contributed by atoms with van der Waals surface area (Å²) in [6.45, 7) is 4.07. The molecule has 2 aromatic carbocycles. The number of pyridine rings is 1. The molecule has 1 amide bonds. The van der Waals surface area contributed by atoms with E-state index in [0.29, 0.717) is 31.8 Å². The molecule has 0 aliphatic carbocycles. The third kappa shape index (κ3) is 4.39. The van der Waals surface area contributed by atoms with Gasteiger partial charge in [0.15, 0.2) is 11.5 Å². The number of benzene rings is 2. The zero-order valence-corrected chi connectivity index (χ0v) is 21.4. The van der Waals surface area contributed by atoms with Gasteiger partial charge in [0, 0.05) is 37.6 Å². The van der Waals surface area contributed by atoms with Gasteiger partial charge in [0.1, 0.15) is 5.75 Å². The molecule has 2 aliphatic rings. The van der Waals surface area contributed by atoms with Gasteiger partial charge in [0.2, 0.25) is 5.91 Å². The Morgan fingerprint density at radius 2 is 1.69 bits per heavy atom. The quantitative estimate of drug-likeness (QED) is 0.520. The van der Waals surface area contributed by atoms with Gasteiger partial charge in [-0.3, -0.25) is 14.7 Å². The van der Waals surface area contributed by atoms with Gasteiger partial charge in [-0.1, -0.05) is 24.3 Å². The summed E-state index contributed by atoms with van der Waals surface area (Å²) in [5.41, 5.74) is 5.80. The van der Waals surface area contributed by atoms with Crippen LogP contribution in [0.25, 0.3) is 0 Å². The number of amides is 1. The highest BCUT2D eigenvalue weighted by Gasteiger charge is 2.38. The summed E-state index contributed by atoms with van der Waals surface area (Å²) in [5, 5.41) is 0. The van der Waals surface area contributed by atoms with E-state index >= 15 is 0 Å². The summed E-state index contributed by atoms with van der Waals surface area (Å²) < 4.78 is 16.6. The van der Waals surface area contributed by atoms with E-state index in [2.05, 4.69) is 41.1 Å². The predicted octanol–water partition coefficient (Wildman–Crippen LogP) is 4.18. The Bertz CT molecular complexity index is 1260. The van der Waals surface area contributed by atoms with E-state index in [1.807, 2.05) is 29.3 Å². The largest absolute Gasteiger partial charge is 0.496 e. The van der Waals surface area contributed by atoms with Crippen molar-refractivity contribution in [3.63, 3.8) is 0 Å². The Morgan fingerprint density at radius 1 is 0.972 bits per heavy atom. The van der Waals surface area contributed by atoms with Gasteiger partial charge >= 0.3 is 0 Å². The van der Waals surface area contributed by atoms with Gasteiger partial charge in [0.05, 0.1) is 33.4 Å². The van der Waals surface area contributed by atoms with E-state index in [4.69, 9.17) is 14.2 Å². The Kier molecular flexibility index (Phi) is 6.83. The number of hydrogen-bond acceptors (Lipinski definition) is 6. The lowest BCUT2D eigenvalue weighted by Gasteiger charge is -2.42. The van der Waals surface area contributed by atoms with Gasteiger partial charge in [-0.15, -0.1) is 0 Å². The minimum absolute atomic E-state index is 0.0620. The molecular formula is C29H33N3O4. The van der Waals surface area contributed by atoms with Crippen LogP contribution in [0.3, 0.4) is 0 Å². The van der Waals surface area contributed by atoms with E-state index in [9.17, 15) is 4.79 Å². The Hall–Kier alpha value is -3.58. The van der Waals surface area contributed by atoms with E-state index in [0.717, 1.165) is 29.0 Å². The van der Waals surface area contributed by atoms with Gasteiger partial charge in [-0.25, -0.2) is 0 Å². The molecule has 1 aromatic heterocycles. The normalized spacial score (nSPS) is 19.3. The number of fused-ring (bicyclic) bond motifs is 2. The highest BCUT2D eigenvalue weighted by Crippen LogP contribution is 2.39. The van der Waals surface area contributed by atoms with Crippen LogP contribution in [0.2, 0.25) is 0 Å². The molecular weight excluding hydrogens is 454 g/mol. The SMILES string of the molecule is COc1ccncc1CN1Cc2ccccc2CC1C(=O)N1CCc2cc(OC)c(OC)cc2C1C. The molecule has 0 saturated heterocycles. The average Bonchev–Trinajstić information content (AvgIpc) is 2.92. The molecule has 5 rings (SSSR count). The smallest absolute Gasteiger partial charge is 0.240 e. The Morgan fingerprint density at radius 3 is 2.44 bits per heavy atom. The van der Waals surface area contributed by atoms with Crippen molar-refractivity contribution < 1.29 is 19.0 Å².